The van der Waals surface area contributed by atoms with Crippen molar-refractivity contribution in [3.63, 3.8) is 0 Å². The van der Waals surface area contributed by atoms with E-state index in [0.717, 1.165) is 51.1 Å². The molecule has 0 unspecified atom stereocenters. The molecule has 5 heteroatoms. The van der Waals surface area contributed by atoms with Crippen molar-refractivity contribution in [2.75, 3.05) is 19.6 Å². The maximum absolute atomic E-state index is 12.7. The molecule has 0 spiro atoms. The highest BCUT2D eigenvalue weighted by molar-refractivity contribution is 5.88. The second kappa shape index (κ2) is 9.56. The van der Waals surface area contributed by atoms with Crippen LogP contribution >= 0.6 is 0 Å². The third kappa shape index (κ3) is 5.70. The lowest BCUT2D eigenvalue weighted by molar-refractivity contribution is -0.133. The summed E-state index contributed by atoms with van der Waals surface area (Å²) in [4.78, 5) is 27.7. The van der Waals surface area contributed by atoms with Gasteiger partial charge in [-0.05, 0) is 63.5 Å². The Balaban J connectivity index is 1.84. The third-order valence-electron chi connectivity index (χ3n) is 6.05. The fraction of sp³-hybridized carbons (Fsp3) is 0.900. The molecule has 0 aromatic carbocycles. The number of carbonyl (C=O) groups is 2. The zero-order chi connectivity index (χ0) is 18.4. The van der Waals surface area contributed by atoms with Crippen LogP contribution in [0.3, 0.4) is 0 Å². The lowest BCUT2D eigenvalue weighted by atomic mass is 9.82. The molecule has 2 N–H and O–H groups in total. The zero-order valence-corrected chi connectivity index (χ0v) is 16.5. The molecule has 0 bridgehead atoms. The Bertz CT molecular complexity index is 444. The van der Waals surface area contributed by atoms with Gasteiger partial charge in [-0.2, -0.15) is 0 Å². The van der Waals surface area contributed by atoms with E-state index in [4.69, 9.17) is 0 Å². The number of nitrogens with zero attached hydrogens (tertiary/aromatic N) is 1. The topological polar surface area (TPSA) is 61.4 Å². The molecule has 2 aliphatic rings. The van der Waals surface area contributed by atoms with E-state index in [1.165, 1.54) is 6.42 Å². The summed E-state index contributed by atoms with van der Waals surface area (Å²) in [5.41, 5.74) is 0. The van der Waals surface area contributed by atoms with E-state index in [9.17, 15) is 9.59 Å². The van der Waals surface area contributed by atoms with Gasteiger partial charge in [0, 0.05) is 18.5 Å². The number of hydrogen-bond donors (Lipinski definition) is 2. The molecule has 2 atom stereocenters. The Morgan fingerprint density at radius 1 is 1.12 bits per heavy atom. The van der Waals surface area contributed by atoms with Crippen molar-refractivity contribution in [1.82, 2.24) is 15.5 Å². The van der Waals surface area contributed by atoms with E-state index in [1.807, 2.05) is 13.8 Å². The first kappa shape index (κ1) is 20.2. The van der Waals surface area contributed by atoms with E-state index >= 15 is 0 Å². The van der Waals surface area contributed by atoms with Crippen LogP contribution in [0.4, 0.5) is 0 Å². The Morgan fingerprint density at radius 2 is 1.80 bits per heavy atom. The van der Waals surface area contributed by atoms with E-state index in [2.05, 4.69) is 29.4 Å². The van der Waals surface area contributed by atoms with Crippen LogP contribution in [0, 0.1) is 17.8 Å². The molecule has 1 saturated carbocycles. The Morgan fingerprint density at radius 3 is 2.40 bits per heavy atom. The molecule has 5 nitrogen and oxygen atoms in total. The van der Waals surface area contributed by atoms with Gasteiger partial charge >= 0.3 is 0 Å². The highest BCUT2D eigenvalue weighted by atomic mass is 16.2. The van der Waals surface area contributed by atoms with Crippen LogP contribution in [0.1, 0.15) is 66.2 Å². The molecule has 0 aromatic heterocycles. The van der Waals surface area contributed by atoms with Crippen LogP contribution in [-0.2, 0) is 9.59 Å². The molecule has 1 aliphatic carbocycles. The standard InChI is InChI=1S/C20H37N3O2/c1-5-23-12-6-7-17(23)13-21-20(25)18(14(2)3)22-19(24)16-10-8-15(4)9-11-16/h14-18H,5-13H2,1-4H3,(H,21,25)(H,22,24)/t15?,16?,17-,18-/m0/s1. The first-order chi connectivity index (χ1) is 11.9. The number of likely N-dealkylation sites (N-methyl/N-ethyl adjacent to an activating group) is 1. The van der Waals surface area contributed by atoms with Gasteiger partial charge in [0.15, 0.2) is 0 Å². The molecule has 2 fully saturated rings. The summed E-state index contributed by atoms with van der Waals surface area (Å²) in [5.74, 6) is 0.932. The lowest BCUT2D eigenvalue weighted by Gasteiger charge is -2.29. The van der Waals surface area contributed by atoms with Crippen LogP contribution in [-0.4, -0.2) is 48.4 Å². The van der Waals surface area contributed by atoms with Crippen molar-refractivity contribution in [2.45, 2.75) is 78.3 Å². The molecule has 0 aromatic rings. The van der Waals surface area contributed by atoms with Gasteiger partial charge in [-0.1, -0.05) is 27.7 Å². The van der Waals surface area contributed by atoms with Crippen LogP contribution in [0.5, 0.6) is 0 Å². The van der Waals surface area contributed by atoms with Gasteiger partial charge in [0.05, 0.1) is 0 Å². The maximum Gasteiger partial charge on any atom is 0.242 e. The summed E-state index contributed by atoms with van der Waals surface area (Å²) in [6.45, 7) is 11.3. The van der Waals surface area contributed by atoms with E-state index in [0.29, 0.717) is 12.6 Å². The second-order valence-corrected chi connectivity index (χ2v) is 8.36. The van der Waals surface area contributed by atoms with Crippen molar-refractivity contribution >= 4 is 11.8 Å². The van der Waals surface area contributed by atoms with Gasteiger partial charge in [0.25, 0.3) is 0 Å². The Labute approximate surface area is 153 Å². The predicted molar refractivity (Wildman–Crippen MR) is 101 cm³/mol. The lowest BCUT2D eigenvalue weighted by Crippen LogP contribution is -2.53. The molecule has 2 rings (SSSR count). The van der Waals surface area contributed by atoms with Crippen molar-refractivity contribution in [3.05, 3.63) is 0 Å². The number of nitrogens with one attached hydrogen (secondary N) is 2. The largest absolute Gasteiger partial charge is 0.353 e. The fourth-order valence-electron chi connectivity index (χ4n) is 4.20. The van der Waals surface area contributed by atoms with Crippen molar-refractivity contribution in [3.8, 4) is 0 Å². The van der Waals surface area contributed by atoms with Crippen molar-refractivity contribution in [2.24, 2.45) is 17.8 Å². The SMILES string of the molecule is CCN1CCC[C@H]1CNC(=O)[C@@H](NC(=O)C1CCC(C)CC1)C(C)C. The van der Waals surface area contributed by atoms with Crippen molar-refractivity contribution < 1.29 is 9.59 Å². The number of rotatable bonds is 7. The summed E-state index contributed by atoms with van der Waals surface area (Å²) in [6, 6.07) is 0.0145. The second-order valence-electron chi connectivity index (χ2n) is 8.36. The fourth-order valence-corrected chi connectivity index (χ4v) is 4.20. The zero-order valence-electron chi connectivity index (χ0n) is 16.5. The van der Waals surface area contributed by atoms with Crippen LogP contribution in [0.15, 0.2) is 0 Å². The minimum atomic E-state index is -0.427. The third-order valence-corrected chi connectivity index (χ3v) is 6.05. The van der Waals surface area contributed by atoms with Crippen LogP contribution in [0.2, 0.25) is 0 Å². The number of carbonyl (C=O) groups excluding carboxylic acids is 2. The Hall–Kier alpha value is -1.10. The summed E-state index contributed by atoms with van der Waals surface area (Å²) >= 11 is 0. The van der Waals surface area contributed by atoms with Crippen LogP contribution in [0.25, 0.3) is 0 Å². The molecule has 144 valence electrons. The highest BCUT2D eigenvalue weighted by Gasteiger charge is 2.30. The minimum absolute atomic E-state index is 0.0320. The maximum atomic E-state index is 12.7. The van der Waals surface area contributed by atoms with Gasteiger partial charge in [-0.15, -0.1) is 0 Å². The predicted octanol–water partition coefficient (Wildman–Crippen LogP) is 2.55. The average molecular weight is 352 g/mol. The minimum Gasteiger partial charge on any atom is -0.353 e. The molecule has 1 heterocycles. The quantitative estimate of drug-likeness (QED) is 0.741. The highest BCUT2D eigenvalue weighted by Crippen LogP contribution is 2.28. The van der Waals surface area contributed by atoms with Gasteiger partial charge in [-0.25, -0.2) is 0 Å². The average Bonchev–Trinajstić information content (AvgIpc) is 3.05. The smallest absolute Gasteiger partial charge is 0.242 e. The molecule has 1 aliphatic heterocycles. The summed E-state index contributed by atoms with van der Waals surface area (Å²) in [7, 11) is 0. The van der Waals surface area contributed by atoms with E-state index < -0.39 is 6.04 Å². The summed E-state index contributed by atoms with van der Waals surface area (Å²) in [5, 5.41) is 6.13. The van der Waals surface area contributed by atoms with E-state index in [1.54, 1.807) is 0 Å². The number of hydrogen-bond acceptors (Lipinski definition) is 3. The monoisotopic (exact) mass is 351 g/mol. The van der Waals surface area contributed by atoms with Crippen molar-refractivity contribution in [1.29, 1.82) is 0 Å². The number of amides is 2. The molecule has 2 amide bonds. The molecular formula is C20H37N3O2. The van der Waals surface area contributed by atoms with E-state index in [-0.39, 0.29) is 23.7 Å². The van der Waals surface area contributed by atoms with Gasteiger partial charge in [-0.3, -0.25) is 14.5 Å². The molecule has 25 heavy (non-hydrogen) atoms. The van der Waals surface area contributed by atoms with Gasteiger partial charge in [0.1, 0.15) is 6.04 Å². The van der Waals surface area contributed by atoms with Gasteiger partial charge < -0.3 is 10.6 Å². The summed E-state index contributed by atoms with van der Waals surface area (Å²) < 4.78 is 0. The van der Waals surface area contributed by atoms with Crippen LogP contribution < -0.4 is 10.6 Å². The molecule has 1 saturated heterocycles. The first-order valence-electron chi connectivity index (χ1n) is 10.2. The Kier molecular flexibility index (Phi) is 7.73. The van der Waals surface area contributed by atoms with Gasteiger partial charge in [0.2, 0.25) is 11.8 Å². The normalized spacial score (nSPS) is 28.8. The number of likely N-dealkylation sites (tertiary alicyclic amines) is 1. The summed E-state index contributed by atoms with van der Waals surface area (Å²) in [6.07, 6.45) is 6.49. The molecular weight excluding hydrogens is 314 g/mol. The molecule has 0 radical (unpaired) electrons. The first-order valence-corrected chi connectivity index (χ1v) is 10.2.